The third-order valence-electron chi connectivity index (χ3n) is 4.58. The summed E-state index contributed by atoms with van der Waals surface area (Å²) in [6.07, 6.45) is 2.88. The van der Waals surface area contributed by atoms with Crippen molar-refractivity contribution in [3.63, 3.8) is 0 Å². The molecule has 1 fully saturated rings. The number of guanidine groups is 1. The van der Waals surface area contributed by atoms with Crippen molar-refractivity contribution in [1.29, 1.82) is 0 Å². The molecule has 1 saturated heterocycles. The molecule has 1 aromatic heterocycles. The minimum atomic E-state index is 0.0511. The monoisotopic (exact) mass is 381 g/mol. The van der Waals surface area contributed by atoms with E-state index in [9.17, 15) is 0 Å². The number of ether oxygens (including phenoxy) is 1. The van der Waals surface area contributed by atoms with Gasteiger partial charge in [-0.2, -0.15) is 0 Å². The van der Waals surface area contributed by atoms with Crippen LogP contribution < -0.4 is 15.5 Å². The van der Waals surface area contributed by atoms with Gasteiger partial charge in [-0.3, -0.25) is 4.99 Å². The van der Waals surface area contributed by atoms with Crippen LogP contribution in [0.5, 0.6) is 0 Å². The number of nitrogens with zero attached hydrogens (tertiary/aromatic N) is 3. The Bertz CT molecular complexity index is 602. The number of halogens is 1. The van der Waals surface area contributed by atoms with Crippen LogP contribution >= 0.6 is 11.6 Å². The van der Waals surface area contributed by atoms with Crippen molar-refractivity contribution in [2.75, 3.05) is 38.2 Å². The highest BCUT2D eigenvalue weighted by Crippen LogP contribution is 2.26. The van der Waals surface area contributed by atoms with Gasteiger partial charge in [-0.1, -0.05) is 32.4 Å². The van der Waals surface area contributed by atoms with Crippen LogP contribution in [0.4, 0.5) is 5.82 Å². The predicted octanol–water partition coefficient (Wildman–Crippen LogP) is 2.93. The van der Waals surface area contributed by atoms with E-state index in [2.05, 4.69) is 48.2 Å². The van der Waals surface area contributed by atoms with Gasteiger partial charge in [0.15, 0.2) is 5.96 Å². The molecule has 2 unspecified atom stereocenters. The van der Waals surface area contributed by atoms with E-state index >= 15 is 0 Å². The molecule has 0 radical (unpaired) electrons. The second-order valence-corrected chi connectivity index (χ2v) is 8.10. The van der Waals surface area contributed by atoms with Crippen molar-refractivity contribution in [3.05, 3.63) is 23.4 Å². The summed E-state index contributed by atoms with van der Waals surface area (Å²) in [7, 11) is 1.75. The highest BCUT2D eigenvalue weighted by atomic mass is 35.5. The molecule has 2 heterocycles. The van der Waals surface area contributed by atoms with Crippen LogP contribution in [0.1, 0.15) is 34.1 Å². The van der Waals surface area contributed by atoms with E-state index in [-0.39, 0.29) is 11.5 Å². The zero-order valence-corrected chi connectivity index (χ0v) is 17.3. The summed E-state index contributed by atoms with van der Waals surface area (Å²) >= 11 is 6.28. The average Bonchev–Trinajstić information content (AvgIpc) is 3.03. The summed E-state index contributed by atoms with van der Waals surface area (Å²) in [4.78, 5) is 11.4. The first-order valence-corrected chi connectivity index (χ1v) is 9.66. The fourth-order valence-corrected chi connectivity index (χ4v) is 3.31. The van der Waals surface area contributed by atoms with E-state index < -0.39 is 0 Å². The fraction of sp³-hybridized carbons (Fsp3) is 0.684. The third kappa shape index (κ3) is 5.74. The molecule has 0 aliphatic carbocycles. The number of aromatic nitrogens is 1. The van der Waals surface area contributed by atoms with Crippen molar-refractivity contribution in [2.24, 2.45) is 10.4 Å². The summed E-state index contributed by atoms with van der Waals surface area (Å²) in [5.74, 6) is 1.69. The Kier molecular flexibility index (Phi) is 7.53. The van der Waals surface area contributed by atoms with Gasteiger partial charge >= 0.3 is 0 Å². The van der Waals surface area contributed by atoms with Crippen molar-refractivity contribution >= 4 is 23.4 Å². The molecule has 6 nitrogen and oxygen atoms in total. The molecule has 1 aliphatic rings. The van der Waals surface area contributed by atoms with Crippen molar-refractivity contribution in [3.8, 4) is 0 Å². The number of hydrogen-bond donors (Lipinski definition) is 2. The number of anilines is 1. The Labute approximate surface area is 162 Å². The van der Waals surface area contributed by atoms with Crippen LogP contribution in [0.2, 0.25) is 5.02 Å². The molecule has 1 aromatic rings. The molecule has 2 rings (SSSR count). The lowest BCUT2D eigenvalue weighted by Crippen LogP contribution is -2.45. The van der Waals surface area contributed by atoms with Crippen LogP contribution in [0.25, 0.3) is 0 Å². The first kappa shape index (κ1) is 20.8. The molecule has 0 aromatic carbocycles. The number of nitrogens with one attached hydrogen (secondary N) is 2. The quantitative estimate of drug-likeness (QED) is 0.586. The van der Waals surface area contributed by atoms with E-state index in [4.69, 9.17) is 21.3 Å². The summed E-state index contributed by atoms with van der Waals surface area (Å²) < 4.78 is 5.61. The Morgan fingerprint density at radius 2 is 2.27 bits per heavy atom. The van der Waals surface area contributed by atoms with E-state index in [1.807, 2.05) is 12.1 Å². The number of rotatable bonds is 6. The predicted molar refractivity (Wildman–Crippen MR) is 109 cm³/mol. The molecule has 2 N–H and O–H groups in total. The van der Waals surface area contributed by atoms with Crippen LogP contribution in [-0.2, 0) is 4.74 Å². The summed E-state index contributed by atoms with van der Waals surface area (Å²) in [5.41, 5.74) is 0.0511. The second kappa shape index (κ2) is 9.42. The van der Waals surface area contributed by atoms with Crippen LogP contribution in [0.3, 0.4) is 0 Å². The largest absolute Gasteiger partial charge is 0.379 e. The first-order valence-electron chi connectivity index (χ1n) is 9.28. The molecule has 0 bridgehead atoms. The normalized spacial score (nSPS) is 19.5. The Hall–Kier alpha value is -1.53. The summed E-state index contributed by atoms with van der Waals surface area (Å²) in [5, 5.41) is 7.56. The van der Waals surface area contributed by atoms with Gasteiger partial charge in [0, 0.05) is 39.0 Å². The lowest BCUT2D eigenvalue weighted by atomic mass is 9.89. The number of aliphatic imine (C=N–C) groups is 1. The zero-order chi connectivity index (χ0) is 19.2. The Morgan fingerprint density at radius 3 is 2.88 bits per heavy atom. The van der Waals surface area contributed by atoms with Crippen LogP contribution in [0, 0.1) is 5.41 Å². The maximum atomic E-state index is 6.28. The standard InChI is InChI=1S/C19H32ClN5O/c1-6-21-18(23-12-16(26-5)19(2,3)4)24-14-9-11-25(13-14)17-15(20)8-7-10-22-17/h7-8,10,14,16H,6,9,11-13H2,1-5H3,(H2,21,23,24). The van der Waals surface area contributed by atoms with Gasteiger partial charge in [-0.25, -0.2) is 4.98 Å². The van der Waals surface area contributed by atoms with Crippen LogP contribution in [0.15, 0.2) is 23.3 Å². The molecular weight excluding hydrogens is 350 g/mol. The van der Waals surface area contributed by atoms with E-state index in [0.29, 0.717) is 17.6 Å². The molecule has 2 atom stereocenters. The maximum absolute atomic E-state index is 6.28. The van der Waals surface area contributed by atoms with E-state index in [0.717, 1.165) is 37.8 Å². The Balaban J connectivity index is 1.98. The lowest BCUT2D eigenvalue weighted by molar-refractivity contribution is 0.0241. The lowest BCUT2D eigenvalue weighted by Gasteiger charge is -2.28. The average molecular weight is 382 g/mol. The smallest absolute Gasteiger partial charge is 0.191 e. The molecule has 7 heteroatoms. The molecule has 0 spiro atoms. The highest BCUT2D eigenvalue weighted by molar-refractivity contribution is 6.32. The summed E-state index contributed by atoms with van der Waals surface area (Å²) in [6.45, 7) is 11.8. The number of pyridine rings is 1. The second-order valence-electron chi connectivity index (χ2n) is 7.69. The highest BCUT2D eigenvalue weighted by Gasteiger charge is 2.27. The van der Waals surface area contributed by atoms with E-state index in [1.54, 1.807) is 13.3 Å². The third-order valence-corrected chi connectivity index (χ3v) is 4.87. The van der Waals surface area contributed by atoms with Gasteiger partial charge in [0.05, 0.1) is 17.7 Å². The molecule has 1 aliphatic heterocycles. The number of methoxy groups -OCH3 is 1. The van der Waals surface area contributed by atoms with Gasteiger partial charge in [0.25, 0.3) is 0 Å². The first-order chi connectivity index (χ1) is 12.3. The van der Waals surface area contributed by atoms with Crippen molar-refractivity contribution in [1.82, 2.24) is 15.6 Å². The molecular formula is C19H32ClN5O. The molecule has 0 amide bonds. The Morgan fingerprint density at radius 1 is 1.50 bits per heavy atom. The van der Waals surface area contributed by atoms with Crippen molar-refractivity contribution < 1.29 is 4.74 Å². The summed E-state index contributed by atoms with van der Waals surface area (Å²) in [6, 6.07) is 4.05. The number of hydrogen-bond acceptors (Lipinski definition) is 4. The van der Waals surface area contributed by atoms with Gasteiger partial charge in [-0.15, -0.1) is 0 Å². The van der Waals surface area contributed by atoms with Gasteiger partial charge < -0.3 is 20.3 Å². The molecule has 146 valence electrons. The van der Waals surface area contributed by atoms with Crippen molar-refractivity contribution in [2.45, 2.75) is 46.3 Å². The minimum Gasteiger partial charge on any atom is -0.379 e. The SMILES string of the molecule is CCNC(=NCC(OC)C(C)(C)C)NC1CCN(c2ncccc2Cl)C1. The fourth-order valence-electron chi connectivity index (χ4n) is 3.07. The van der Waals surface area contributed by atoms with Gasteiger partial charge in [0.1, 0.15) is 5.82 Å². The molecule has 0 saturated carbocycles. The van der Waals surface area contributed by atoms with Crippen LogP contribution in [-0.4, -0.2) is 56.4 Å². The zero-order valence-electron chi connectivity index (χ0n) is 16.6. The molecule has 26 heavy (non-hydrogen) atoms. The van der Waals surface area contributed by atoms with Gasteiger partial charge in [0.2, 0.25) is 0 Å². The van der Waals surface area contributed by atoms with Gasteiger partial charge in [-0.05, 0) is 30.9 Å². The van der Waals surface area contributed by atoms with E-state index in [1.165, 1.54) is 0 Å². The minimum absolute atomic E-state index is 0.0511. The topological polar surface area (TPSA) is 61.8 Å². The maximum Gasteiger partial charge on any atom is 0.191 e.